The molecular formula is C14H19ClN2O. The third-order valence-electron chi connectivity index (χ3n) is 4.55. The van der Waals surface area contributed by atoms with Gasteiger partial charge in [-0.3, -0.25) is 4.79 Å². The van der Waals surface area contributed by atoms with Gasteiger partial charge in [-0.05, 0) is 29.0 Å². The molecule has 1 fully saturated rings. The van der Waals surface area contributed by atoms with Crippen LogP contribution in [0.25, 0.3) is 0 Å². The molecule has 0 saturated heterocycles. The standard InChI is InChI=1S/C14H19ClN2O/c1-13(2)11(14(13,3)4)12(18)17-8-5-6-9(15)10(16)7-8/h5-7,11H,16H2,1-4H3,(H,17,18). The first-order valence-electron chi connectivity index (χ1n) is 6.04. The third kappa shape index (κ3) is 1.87. The monoisotopic (exact) mass is 266 g/mol. The molecule has 0 unspecified atom stereocenters. The predicted octanol–water partition coefficient (Wildman–Crippen LogP) is 3.54. The zero-order chi connectivity index (χ0) is 13.7. The fourth-order valence-corrected chi connectivity index (χ4v) is 2.81. The highest BCUT2D eigenvalue weighted by molar-refractivity contribution is 6.33. The van der Waals surface area contributed by atoms with E-state index in [-0.39, 0.29) is 22.7 Å². The van der Waals surface area contributed by atoms with E-state index < -0.39 is 0 Å². The van der Waals surface area contributed by atoms with Crippen molar-refractivity contribution in [1.82, 2.24) is 0 Å². The summed E-state index contributed by atoms with van der Waals surface area (Å²) < 4.78 is 0. The van der Waals surface area contributed by atoms with Gasteiger partial charge in [0.15, 0.2) is 0 Å². The summed E-state index contributed by atoms with van der Waals surface area (Å²) in [7, 11) is 0. The summed E-state index contributed by atoms with van der Waals surface area (Å²) in [4.78, 5) is 12.2. The normalized spacial score (nSPS) is 20.5. The van der Waals surface area contributed by atoms with E-state index in [1.807, 2.05) is 0 Å². The van der Waals surface area contributed by atoms with E-state index in [4.69, 9.17) is 17.3 Å². The molecule has 0 atom stereocenters. The minimum atomic E-state index is 0.0295. The molecule has 1 aliphatic carbocycles. The van der Waals surface area contributed by atoms with Crippen LogP contribution < -0.4 is 11.1 Å². The largest absolute Gasteiger partial charge is 0.397 e. The second-order valence-corrected chi connectivity index (χ2v) is 6.51. The van der Waals surface area contributed by atoms with Crippen molar-refractivity contribution in [2.45, 2.75) is 27.7 Å². The number of nitrogens with two attached hydrogens (primary N) is 1. The average molecular weight is 267 g/mol. The minimum Gasteiger partial charge on any atom is -0.397 e. The van der Waals surface area contributed by atoms with Gasteiger partial charge >= 0.3 is 0 Å². The van der Waals surface area contributed by atoms with Crippen molar-refractivity contribution in [2.24, 2.45) is 16.7 Å². The molecule has 18 heavy (non-hydrogen) atoms. The van der Waals surface area contributed by atoms with Crippen molar-refractivity contribution in [2.75, 3.05) is 11.1 Å². The summed E-state index contributed by atoms with van der Waals surface area (Å²) in [6.45, 7) is 8.47. The fraction of sp³-hybridized carbons (Fsp3) is 0.500. The van der Waals surface area contributed by atoms with E-state index in [0.717, 1.165) is 0 Å². The number of nitrogens with one attached hydrogen (secondary N) is 1. The lowest BCUT2D eigenvalue weighted by Gasteiger charge is -2.08. The van der Waals surface area contributed by atoms with Gasteiger partial charge in [-0.25, -0.2) is 0 Å². The highest BCUT2D eigenvalue weighted by atomic mass is 35.5. The number of halogens is 1. The van der Waals surface area contributed by atoms with Gasteiger partial charge in [-0.2, -0.15) is 0 Å². The zero-order valence-corrected chi connectivity index (χ0v) is 11.9. The van der Waals surface area contributed by atoms with Crippen LogP contribution >= 0.6 is 11.6 Å². The summed E-state index contributed by atoms with van der Waals surface area (Å²) in [5.41, 5.74) is 6.96. The molecule has 0 aliphatic heterocycles. The van der Waals surface area contributed by atoms with Gasteiger partial charge in [0.2, 0.25) is 5.91 Å². The molecule has 1 aromatic rings. The Morgan fingerprint density at radius 3 is 2.28 bits per heavy atom. The van der Waals surface area contributed by atoms with Crippen LogP contribution in [0.2, 0.25) is 5.02 Å². The number of rotatable bonds is 2. The number of amides is 1. The van der Waals surface area contributed by atoms with Crippen molar-refractivity contribution in [3.8, 4) is 0 Å². The molecule has 4 heteroatoms. The minimum absolute atomic E-state index is 0.0295. The number of carbonyl (C=O) groups is 1. The van der Waals surface area contributed by atoms with Crippen LogP contribution in [0.15, 0.2) is 18.2 Å². The Hall–Kier alpha value is -1.22. The van der Waals surface area contributed by atoms with Crippen molar-refractivity contribution < 1.29 is 4.79 Å². The van der Waals surface area contributed by atoms with Crippen LogP contribution in [0.1, 0.15) is 27.7 Å². The Bertz CT molecular complexity index is 495. The quantitative estimate of drug-likeness (QED) is 0.805. The Morgan fingerprint density at radius 1 is 1.28 bits per heavy atom. The number of carbonyl (C=O) groups excluding carboxylic acids is 1. The molecule has 1 aliphatic rings. The molecule has 0 heterocycles. The fourth-order valence-electron chi connectivity index (χ4n) is 2.69. The van der Waals surface area contributed by atoms with Gasteiger partial charge in [0.1, 0.15) is 0 Å². The molecule has 3 N–H and O–H groups in total. The zero-order valence-electron chi connectivity index (χ0n) is 11.2. The van der Waals surface area contributed by atoms with E-state index in [1.54, 1.807) is 18.2 Å². The molecule has 2 rings (SSSR count). The van der Waals surface area contributed by atoms with Crippen LogP contribution in [0.3, 0.4) is 0 Å². The maximum Gasteiger partial charge on any atom is 0.228 e. The number of hydrogen-bond acceptors (Lipinski definition) is 2. The van der Waals surface area contributed by atoms with Gasteiger partial charge in [-0.1, -0.05) is 39.3 Å². The number of hydrogen-bond donors (Lipinski definition) is 2. The van der Waals surface area contributed by atoms with Crippen LogP contribution in [-0.2, 0) is 4.79 Å². The van der Waals surface area contributed by atoms with Crippen LogP contribution in [0, 0.1) is 16.7 Å². The predicted molar refractivity (Wildman–Crippen MR) is 75.5 cm³/mol. The molecule has 1 amide bonds. The highest BCUT2D eigenvalue weighted by Crippen LogP contribution is 2.68. The molecule has 0 bridgehead atoms. The van der Waals surface area contributed by atoms with E-state index in [9.17, 15) is 4.79 Å². The van der Waals surface area contributed by atoms with E-state index >= 15 is 0 Å². The summed E-state index contributed by atoms with van der Waals surface area (Å²) in [6.07, 6.45) is 0. The van der Waals surface area contributed by atoms with Crippen molar-refractivity contribution >= 4 is 28.9 Å². The van der Waals surface area contributed by atoms with Gasteiger partial charge in [0, 0.05) is 11.6 Å². The van der Waals surface area contributed by atoms with Gasteiger partial charge in [0.25, 0.3) is 0 Å². The molecular weight excluding hydrogens is 248 g/mol. The lowest BCUT2D eigenvalue weighted by atomic mass is 10.0. The van der Waals surface area contributed by atoms with Crippen LogP contribution in [0.5, 0.6) is 0 Å². The van der Waals surface area contributed by atoms with Crippen molar-refractivity contribution in [3.05, 3.63) is 23.2 Å². The maximum atomic E-state index is 12.2. The second-order valence-electron chi connectivity index (χ2n) is 6.10. The Labute approximate surface area is 113 Å². The first-order valence-corrected chi connectivity index (χ1v) is 6.41. The summed E-state index contributed by atoms with van der Waals surface area (Å²) in [5, 5.41) is 3.41. The van der Waals surface area contributed by atoms with E-state index in [1.165, 1.54) is 0 Å². The first kappa shape index (κ1) is 13.2. The lowest BCUT2D eigenvalue weighted by molar-refractivity contribution is -0.118. The maximum absolute atomic E-state index is 12.2. The molecule has 3 nitrogen and oxygen atoms in total. The second kappa shape index (κ2) is 3.89. The summed E-state index contributed by atoms with van der Waals surface area (Å²) in [6, 6.07) is 5.14. The average Bonchev–Trinajstić information content (AvgIpc) is 2.63. The van der Waals surface area contributed by atoms with E-state index in [2.05, 4.69) is 33.0 Å². The third-order valence-corrected chi connectivity index (χ3v) is 4.89. The molecule has 1 saturated carbocycles. The molecule has 0 spiro atoms. The van der Waals surface area contributed by atoms with E-state index in [0.29, 0.717) is 16.4 Å². The summed E-state index contributed by atoms with van der Waals surface area (Å²) >= 11 is 5.84. The SMILES string of the molecule is CC1(C)C(C(=O)Nc2ccc(Cl)c(N)c2)C1(C)C. The molecule has 0 aromatic heterocycles. The number of anilines is 2. The molecule has 98 valence electrons. The Kier molecular flexibility index (Phi) is 2.85. The van der Waals surface area contributed by atoms with Gasteiger partial charge in [0.05, 0.1) is 10.7 Å². The lowest BCUT2D eigenvalue weighted by Crippen LogP contribution is -2.17. The van der Waals surface area contributed by atoms with Crippen molar-refractivity contribution in [3.63, 3.8) is 0 Å². The van der Waals surface area contributed by atoms with Gasteiger partial charge in [-0.15, -0.1) is 0 Å². The highest BCUT2D eigenvalue weighted by Gasteiger charge is 2.68. The van der Waals surface area contributed by atoms with Gasteiger partial charge < -0.3 is 11.1 Å². The topological polar surface area (TPSA) is 55.1 Å². The number of benzene rings is 1. The van der Waals surface area contributed by atoms with Crippen molar-refractivity contribution in [1.29, 1.82) is 0 Å². The smallest absolute Gasteiger partial charge is 0.228 e. The van der Waals surface area contributed by atoms with Crippen LogP contribution in [-0.4, -0.2) is 5.91 Å². The Morgan fingerprint density at radius 2 is 1.83 bits per heavy atom. The molecule has 0 radical (unpaired) electrons. The number of nitrogen functional groups attached to an aromatic ring is 1. The Balaban J connectivity index is 2.12. The first-order chi connectivity index (χ1) is 8.18. The van der Waals surface area contributed by atoms with Crippen LogP contribution in [0.4, 0.5) is 11.4 Å². The molecule has 1 aromatic carbocycles. The summed E-state index contributed by atoms with van der Waals surface area (Å²) in [5.74, 6) is 0.0774.